The highest BCUT2D eigenvalue weighted by molar-refractivity contribution is 5.34. The summed E-state index contributed by atoms with van der Waals surface area (Å²) in [6.45, 7) is 0. The minimum Gasteiger partial charge on any atom is -0.384 e. The van der Waals surface area contributed by atoms with E-state index in [2.05, 4.69) is 17.2 Å². The van der Waals surface area contributed by atoms with Crippen molar-refractivity contribution in [1.82, 2.24) is 9.78 Å². The van der Waals surface area contributed by atoms with Gasteiger partial charge in [-0.25, -0.2) is 0 Å². The van der Waals surface area contributed by atoms with E-state index in [9.17, 15) is 5.11 Å². The molecule has 3 heteroatoms. The van der Waals surface area contributed by atoms with Gasteiger partial charge in [-0.15, -0.1) is 0 Å². The standard InChI is InChI=1S/C14H16N2O/c1-16-9-13(8-15-16)14(17)12-4-2-3-11(7-12)10-5-6-10/h2-4,7-10,14,17H,5-6H2,1H3. The van der Waals surface area contributed by atoms with Gasteiger partial charge in [-0.05, 0) is 29.9 Å². The third-order valence-corrected chi connectivity index (χ3v) is 3.32. The summed E-state index contributed by atoms with van der Waals surface area (Å²) >= 11 is 0. The minimum absolute atomic E-state index is 0.567. The lowest BCUT2D eigenvalue weighted by atomic mass is 10.0. The van der Waals surface area contributed by atoms with Crippen molar-refractivity contribution in [2.24, 2.45) is 7.05 Å². The molecule has 1 saturated carbocycles. The summed E-state index contributed by atoms with van der Waals surface area (Å²) in [7, 11) is 1.86. The van der Waals surface area contributed by atoms with Gasteiger partial charge in [0, 0.05) is 18.8 Å². The van der Waals surface area contributed by atoms with Crippen LogP contribution in [0.5, 0.6) is 0 Å². The summed E-state index contributed by atoms with van der Waals surface area (Å²) in [6.07, 6.45) is 5.57. The first-order chi connectivity index (χ1) is 8.24. The summed E-state index contributed by atoms with van der Waals surface area (Å²) in [5.41, 5.74) is 3.16. The van der Waals surface area contributed by atoms with Crippen molar-refractivity contribution in [1.29, 1.82) is 0 Å². The molecule has 1 aliphatic rings. The summed E-state index contributed by atoms with van der Waals surface area (Å²) in [5.74, 6) is 0.719. The Morgan fingerprint density at radius 1 is 1.35 bits per heavy atom. The Bertz CT molecular complexity index is 529. The molecule has 2 aromatic rings. The second kappa shape index (κ2) is 4.00. The number of benzene rings is 1. The molecule has 0 radical (unpaired) electrons. The van der Waals surface area contributed by atoms with Gasteiger partial charge in [-0.2, -0.15) is 5.10 Å². The highest BCUT2D eigenvalue weighted by atomic mass is 16.3. The molecule has 1 aromatic carbocycles. The van der Waals surface area contributed by atoms with Gasteiger partial charge >= 0.3 is 0 Å². The third kappa shape index (κ3) is 2.11. The fourth-order valence-electron chi connectivity index (χ4n) is 2.17. The molecule has 1 aliphatic carbocycles. The van der Waals surface area contributed by atoms with E-state index in [0.717, 1.165) is 17.0 Å². The molecular formula is C14H16N2O. The van der Waals surface area contributed by atoms with E-state index in [1.807, 2.05) is 25.4 Å². The van der Waals surface area contributed by atoms with Crippen LogP contribution in [-0.2, 0) is 7.05 Å². The van der Waals surface area contributed by atoms with E-state index in [-0.39, 0.29) is 0 Å². The largest absolute Gasteiger partial charge is 0.384 e. The Hall–Kier alpha value is -1.61. The molecule has 0 saturated heterocycles. The number of hydrogen-bond donors (Lipinski definition) is 1. The molecule has 3 rings (SSSR count). The molecule has 0 spiro atoms. The Balaban J connectivity index is 1.89. The fraction of sp³-hybridized carbons (Fsp3) is 0.357. The molecule has 1 unspecified atom stereocenters. The SMILES string of the molecule is Cn1cc(C(O)c2cccc(C3CC3)c2)cn1. The lowest BCUT2D eigenvalue weighted by Crippen LogP contribution is -1.99. The third-order valence-electron chi connectivity index (χ3n) is 3.32. The molecule has 17 heavy (non-hydrogen) atoms. The Morgan fingerprint density at radius 2 is 2.18 bits per heavy atom. The number of aliphatic hydroxyl groups excluding tert-OH is 1. The number of hydrogen-bond acceptors (Lipinski definition) is 2. The van der Waals surface area contributed by atoms with Crippen LogP contribution >= 0.6 is 0 Å². The van der Waals surface area contributed by atoms with Crippen LogP contribution in [0.4, 0.5) is 0 Å². The van der Waals surface area contributed by atoms with E-state index < -0.39 is 6.10 Å². The predicted molar refractivity (Wildman–Crippen MR) is 65.7 cm³/mol. The van der Waals surface area contributed by atoms with Crippen LogP contribution in [0.25, 0.3) is 0 Å². The highest BCUT2D eigenvalue weighted by Crippen LogP contribution is 2.40. The van der Waals surface area contributed by atoms with Gasteiger partial charge in [-0.1, -0.05) is 24.3 Å². The van der Waals surface area contributed by atoms with Crippen molar-refractivity contribution in [3.05, 3.63) is 53.3 Å². The zero-order valence-electron chi connectivity index (χ0n) is 9.87. The second-order valence-electron chi connectivity index (χ2n) is 4.79. The van der Waals surface area contributed by atoms with Crippen molar-refractivity contribution >= 4 is 0 Å². The molecule has 1 fully saturated rings. The van der Waals surface area contributed by atoms with Crippen molar-refractivity contribution in [3.63, 3.8) is 0 Å². The summed E-state index contributed by atoms with van der Waals surface area (Å²) in [4.78, 5) is 0. The van der Waals surface area contributed by atoms with Crippen LogP contribution in [0.15, 0.2) is 36.7 Å². The van der Waals surface area contributed by atoms with Gasteiger partial charge in [0.2, 0.25) is 0 Å². The van der Waals surface area contributed by atoms with Gasteiger partial charge in [0.1, 0.15) is 6.10 Å². The van der Waals surface area contributed by atoms with Gasteiger partial charge in [0.15, 0.2) is 0 Å². The van der Waals surface area contributed by atoms with E-state index in [1.165, 1.54) is 18.4 Å². The molecule has 1 heterocycles. The average molecular weight is 228 g/mol. The van der Waals surface area contributed by atoms with Gasteiger partial charge in [0.25, 0.3) is 0 Å². The van der Waals surface area contributed by atoms with E-state index in [1.54, 1.807) is 10.9 Å². The molecule has 1 N–H and O–H groups in total. The lowest BCUT2D eigenvalue weighted by molar-refractivity contribution is 0.220. The number of aryl methyl sites for hydroxylation is 1. The Morgan fingerprint density at radius 3 is 2.82 bits per heavy atom. The predicted octanol–water partition coefficient (Wildman–Crippen LogP) is 2.38. The minimum atomic E-state index is -0.567. The van der Waals surface area contributed by atoms with Crippen LogP contribution in [0.3, 0.4) is 0 Å². The molecular weight excluding hydrogens is 212 g/mol. The van der Waals surface area contributed by atoms with E-state index in [4.69, 9.17) is 0 Å². The summed E-state index contributed by atoms with van der Waals surface area (Å²) in [5, 5.41) is 14.4. The maximum Gasteiger partial charge on any atom is 0.107 e. The maximum atomic E-state index is 10.3. The summed E-state index contributed by atoms with van der Waals surface area (Å²) in [6, 6.07) is 8.28. The van der Waals surface area contributed by atoms with Crippen LogP contribution < -0.4 is 0 Å². The molecule has 88 valence electrons. The highest BCUT2D eigenvalue weighted by Gasteiger charge is 2.24. The first-order valence-corrected chi connectivity index (χ1v) is 6.00. The second-order valence-corrected chi connectivity index (χ2v) is 4.79. The molecule has 0 bridgehead atoms. The van der Waals surface area contributed by atoms with Gasteiger partial charge < -0.3 is 5.11 Å². The Labute approximate surface area is 101 Å². The monoisotopic (exact) mass is 228 g/mol. The molecule has 0 amide bonds. The van der Waals surface area contributed by atoms with Crippen LogP contribution in [0.1, 0.15) is 41.6 Å². The first-order valence-electron chi connectivity index (χ1n) is 6.00. The lowest BCUT2D eigenvalue weighted by Gasteiger charge is -2.10. The zero-order chi connectivity index (χ0) is 11.8. The number of aliphatic hydroxyl groups is 1. The summed E-state index contributed by atoms with van der Waals surface area (Å²) < 4.78 is 1.71. The van der Waals surface area contributed by atoms with E-state index >= 15 is 0 Å². The molecule has 1 aromatic heterocycles. The first kappa shape index (κ1) is 10.5. The topological polar surface area (TPSA) is 38.0 Å². The maximum absolute atomic E-state index is 10.3. The van der Waals surface area contributed by atoms with Crippen molar-refractivity contribution in [2.45, 2.75) is 24.9 Å². The quantitative estimate of drug-likeness (QED) is 0.875. The van der Waals surface area contributed by atoms with Gasteiger partial charge in [-0.3, -0.25) is 4.68 Å². The number of aromatic nitrogens is 2. The smallest absolute Gasteiger partial charge is 0.107 e. The number of rotatable bonds is 3. The van der Waals surface area contributed by atoms with Crippen LogP contribution in [0, 0.1) is 0 Å². The normalized spacial score (nSPS) is 17.1. The molecule has 1 atom stereocenters. The van der Waals surface area contributed by atoms with E-state index in [0.29, 0.717) is 0 Å². The van der Waals surface area contributed by atoms with Crippen molar-refractivity contribution < 1.29 is 5.11 Å². The molecule has 3 nitrogen and oxygen atoms in total. The number of nitrogens with zero attached hydrogens (tertiary/aromatic N) is 2. The average Bonchev–Trinajstić information content (AvgIpc) is 3.11. The fourth-order valence-corrected chi connectivity index (χ4v) is 2.17. The zero-order valence-corrected chi connectivity index (χ0v) is 9.87. The van der Waals surface area contributed by atoms with Crippen molar-refractivity contribution in [3.8, 4) is 0 Å². The van der Waals surface area contributed by atoms with Crippen LogP contribution in [-0.4, -0.2) is 14.9 Å². The molecule has 0 aliphatic heterocycles. The van der Waals surface area contributed by atoms with Crippen molar-refractivity contribution in [2.75, 3.05) is 0 Å². The van der Waals surface area contributed by atoms with Gasteiger partial charge in [0.05, 0.1) is 6.20 Å². The Kier molecular flexibility index (Phi) is 2.48. The van der Waals surface area contributed by atoms with Crippen LogP contribution in [0.2, 0.25) is 0 Å².